The second-order valence-electron chi connectivity index (χ2n) is 4.97. The standard InChI is InChI=1S/C13H21N3O/c1-9-3-4-16(8-12(9)17)13-10(2)5-11(6-14)7-15-13/h5,7,9,12,17H,3-4,6,8,14H2,1-2H3. The molecule has 2 heterocycles. The Morgan fingerprint density at radius 2 is 2.35 bits per heavy atom. The molecule has 2 atom stereocenters. The number of piperidine rings is 1. The summed E-state index contributed by atoms with van der Waals surface area (Å²) >= 11 is 0. The van der Waals surface area contributed by atoms with Crippen molar-refractivity contribution in [3.8, 4) is 0 Å². The number of aryl methyl sites for hydroxylation is 1. The predicted molar refractivity (Wildman–Crippen MR) is 68.9 cm³/mol. The second kappa shape index (κ2) is 5.02. The molecule has 1 aliphatic rings. The number of aliphatic hydroxyl groups excluding tert-OH is 1. The molecule has 4 heteroatoms. The van der Waals surface area contributed by atoms with Crippen LogP contribution in [-0.4, -0.2) is 29.3 Å². The topological polar surface area (TPSA) is 62.4 Å². The highest BCUT2D eigenvalue weighted by Gasteiger charge is 2.25. The molecule has 1 aliphatic heterocycles. The van der Waals surface area contributed by atoms with E-state index >= 15 is 0 Å². The molecular formula is C13H21N3O. The number of aromatic nitrogens is 1. The van der Waals surface area contributed by atoms with Gasteiger partial charge in [-0.3, -0.25) is 0 Å². The number of rotatable bonds is 2. The van der Waals surface area contributed by atoms with Gasteiger partial charge in [-0.2, -0.15) is 0 Å². The number of nitrogens with two attached hydrogens (primary N) is 1. The molecule has 0 bridgehead atoms. The van der Waals surface area contributed by atoms with E-state index in [0.29, 0.717) is 19.0 Å². The fourth-order valence-corrected chi connectivity index (χ4v) is 2.31. The summed E-state index contributed by atoms with van der Waals surface area (Å²) in [5.41, 5.74) is 7.78. The van der Waals surface area contributed by atoms with E-state index in [1.54, 1.807) is 0 Å². The lowest BCUT2D eigenvalue weighted by Crippen LogP contribution is -2.43. The van der Waals surface area contributed by atoms with Crippen molar-refractivity contribution in [3.05, 3.63) is 23.4 Å². The molecule has 0 saturated carbocycles. The average Bonchev–Trinajstić information content (AvgIpc) is 2.32. The van der Waals surface area contributed by atoms with Gasteiger partial charge in [0.15, 0.2) is 0 Å². The molecule has 1 aromatic heterocycles. The van der Waals surface area contributed by atoms with E-state index < -0.39 is 0 Å². The average molecular weight is 235 g/mol. The third-order valence-electron chi connectivity index (χ3n) is 3.56. The third-order valence-corrected chi connectivity index (χ3v) is 3.56. The van der Waals surface area contributed by atoms with E-state index in [1.807, 2.05) is 13.1 Å². The molecule has 1 fully saturated rings. The highest BCUT2D eigenvalue weighted by Crippen LogP contribution is 2.24. The van der Waals surface area contributed by atoms with Crippen LogP contribution in [0.2, 0.25) is 0 Å². The lowest BCUT2D eigenvalue weighted by Gasteiger charge is -2.35. The summed E-state index contributed by atoms with van der Waals surface area (Å²) < 4.78 is 0. The molecule has 0 spiro atoms. The quantitative estimate of drug-likeness (QED) is 0.804. The van der Waals surface area contributed by atoms with Gasteiger partial charge in [0.25, 0.3) is 0 Å². The van der Waals surface area contributed by atoms with Crippen molar-refractivity contribution in [2.75, 3.05) is 18.0 Å². The van der Waals surface area contributed by atoms with Crippen molar-refractivity contribution in [2.45, 2.75) is 32.9 Å². The smallest absolute Gasteiger partial charge is 0.131 e. The van der Waals surface area contributed by atoms with E-state index in [9.17, 15) is 5.11 Å². The Morgan fingerprint density at radius 3 is 2.94 bits per heavy atom. The Labute approximate surface area is 102 Å². The molecule has 4 nitrogen and oxygen atoms in total. The molecule has 1 aromatic rings. The predicted octanol–water partition coefficient (Wildman–Crippen LogP) is 1.06. The van der Waals surface area contributed by atoms with Crippen molar-refractivity contribution in [1.82, 2.24) is 4.98 Å². The molecule has 3 N–H and O–H groups in total. The van der Waals surface area contributed by atoms with E-state index in [-0.39, 0.29) is 6.10 Å². The van der Waals surface area contributed by atoms with Crippen LogP contribution in [0.15, 0.2) is 12.3 Å². The van der Waals surface area contributed by atoms with Crippen LogP contribution in [0.3, 0.4) is 0 Å². The van der Waals surface area contributed by atoms with E-state index in [4.69, 9.17) is 5.73 Å². The van der Waals surface area contributed by atoms with Crippen molar-refractivity contribution in [1.29, 1.82) is 0 Å². The lowest BCUT2D eigenvalue weighted by atomic mass is 9.96. The van der Waals surface area contributed by atoms with Crippen LogP contribution in [-0.2, 0) is 6.54 Å². The molecule has 0 aromatic carbocycles. The number of nitrogens with zero attached hydrogens (tertiary/aromatic N) is 2. The summed E-state index contributed by atoms with van der Waals surface area (Å²) in [7, 11) is 0. The van der Waals surface area contributed by atoms with Gasteiger partial charge in [-0.05, 0) is 36.5 Å². The highest BCUT2D eigenvalue weighted by atomic mass is 16.3. The van der Waals surface area contributed by atoms with Crippen LogP contribution in [0.1, 0.15) is 24.5 Å². The molecule has 94 valence electrons. The molecule has 17 heavy (non-hydrogen) atoms. The zero-order chi connectivity index (χ0) is 12.4. The second-order valence-corrected chi connectivity index (χ2v) is 4.97. The Kier molecular flexibility index (Phi) is 3.64. The fraction of sp³-hybridized carbons (Fsp3) is 0.615. The van der Waals surface area contributed by atoms with Gasteiger partial charge in [-0.1, -0.05) is 6.92 Å². The summed E-state index contributed by atoms with van der Waals surface area (Å²) in [4.78, 5) is 6.63. The van der Waals surface area contributed by atoms with Gasteiger partial charge in [0, 0.05) is 25.8 Å². The Balaban J connectivity index is 2.17. The van der Waals surface area contributed by atoms with Crippen LogP contribution in [0, 0.1) is 12.8 Å². The number of anilines is 1. The van der Waals surface area contributed by atoms with E-state index in [2.05, 4.69) is 22.9 Å². The van der Waals surface area contributed by atoms with Crippen LogP contribution in [0.4, 0.5) is 5.82 Å². The normalized spacial score (nSPS) is 25.1. The number of hydrogen-bond acceptors (Lipinski definition) is 4. The van der Waals surface area contributed by atoms with Crippen molar-refractivity contribution in [2.24, 2.45) is 11.7 Å². The van der Waals surface area contributed by atoms with Gasteiger partial charge < -0.3 is 15.7 Å². The molecule has 2 rings (SSSR count). The Bertz CT molecular complexity index is 394. The lowest BCUT2D eigenvalue weighted by molar-refractivity contribution is 0.102. The van der Waals surface area contributed by atoms with Gasteiger partial charge in [-0.15, -0.1) is 0 Å². The summed E-state index contributed by atoms with van der Waals surface area (Å²) in [6.07, 6.45) is 2.59. The van der Waals surface area contributed by atoms with Crippen LogP contribution >= 0.6 is 0 Å². The number of pyridine rings is 1. The maximum atomic E-state index is 9.91. The van der Waals surface area contributed by atoms with Gasteiger partial charge in [0.05, 0.1) is 6.10 Å². The van der Waals surface area contributed by atoms with Gasteiger partial charge in [0.2, 0.25) is 0 Å². The SMILES string of the molecule is Cc1cc(CN)cnc1N1CCC(C)C(O)C1. The Hall–Kier alpha value is -1.13. The zero-order valence-electron chi connectivity index (χ0n) is 10.6. The molecule has 1 saturated heterocycles. The number of β-amino-alcohol motifs (C(OH)–C–C–N with tert-alkyl or cyclic N) is 1. The van der Waals surface area contributed by atoms with E-state index in [1.165, 1.54) is 0 Å². The summed E-state index contributed by atoms with van der Waals surface area (Å²) in [5.74, 6) is 1.36. The first kappa shape index (κ1) is 12.3. The molecule has 0 amide bonds. The Morgan fingerprint density at radius 1 is 1.59 bits per heavy atom. The van der Waals surface area contributed by atoms with Gasteiger partial charge in [-0.25, -0.2) is 4.98 Å². The molecular weight excluding hydrogens is 214 g/mol. The van der Waals surface area contributed by atoms with Gasteiger partial charge in [0.1, 0.15) is 5.82 Å². The van der Waals surface area contributed by atoms with Crippen molar-refractivity contribution in [3.63, 3.8) is 0 Å². The van der Waals surface area contributed by atoms with Gasteiger partial charge >= 0.3 is 0 Å². The monoisotopic (exact) mass is 235 g/mol. The first-order chi connectivity index (χ1) is 8.11. The van der Waals surface area contributed by atoms with Crippen LogP contribution in [0.5, 0.6) is 0 Å². The minimum absolute atomic E-state index is 0.251. The highest BCUT2D eigenvalue weighted by molar-refractivity contribution is 5.48. The van der Waals surface area contributed by atoms with Crippen molar-refractivity contribution >= 4 is 5.82 Å². The third kappa shape index (κ3) is 2.58. The molecule has 0 aliphatic carbocycles. The minimum atomic E-state index is -0.251. The minimum Gasteiger partial charge on any atom is -0.391 e. The maximum Gasteiger partial charge on any atom is 0.131 e. The number of hydrogen-bond donors (Lipinski definition) is 2. The summed E-state index contributed by atoms with van der Waals surface area (Å²) in [5, 5.41) is 9.91. The van der Waals surface area contributed by atoms with Crippen LogP contribution < -0.4 is 10.6 Å². The fourth-order valence-electron chi connectivity index (χ4n) is 2.31. The summed E-state index contributed by atoms with van der Waals surface area (Å²) in [6, 6.07) is 2.08. The number of aliphatic hydroxyl groups is 1. The van der Waals surface area contributed by atoms with Crippen molar-refractivity contribution < 1.29 is 5.11 Å². The molecule has 0 radical (unpaired) electrons. The molecule has 2 unspecified atom stereocenters. The first-order valence-electron chi connectivity index (χ1n) is 6.20. The van der Waals surface area contributed by atoms with Crippen LogP contribution in [0.25, 0.3) is 0 Å². The zero-order valence-corrected chi connectivity index (χ0v) is 10.6. The largest absolute Gasteiger partial charge is 0.391 e. The van der Waals surface area contributed by atoms with E-state index in [0.717, 1.165) is 29.9 Å². The summed E-state index contributed by atoms with van der Waals surface area (Å²) in [6.45, 7) is 6.31. The maximum absolute atomic E-state index is 9.91. The first-order valence-corrected chi connectivity index (χ1v) is 6.20.